The number of rotatable bonds is 5. The molecule has 0 bridgehead atoms. The standard InChI is InChI=1S/C12H12N4O5/c1-16(11(18)8-3-2-4-21-8)6-10(17)13-9-5-7(12(19)20)14-15-9/h2-5H,6H2,1H3,(H,19,20)(H2,13,14,15,17). The van der Waals surface area contributed by atoms with Crippen LogP contribution in [0.1, 0.15) is 21.0 Å². The third-order valence-corrected chi connectivity index (χ3v) is 2.54. The highest BCUT2D eigenvalue weighted by Gasteiger charge is 2.18. The van der Waals surface area contributed by atoms with Crippen molar-refractivity contribution < 1.29 is 23.9 Å². The zero-order chi connectivity index (χ0) is 15.4. The van der Waals surface area contributed by atoms with Crippen molar-refractivity contribution in [3.63, 3.8) is 0 Å². The van der Waals surface area contributed by atoms with Gasteiger partial charge in [0.2, 0.25) is 5.91 Å². The Bertz CT molecular complexity index is 661. The number of H-pyrrole nitrogens is 1. The molecule has 0 fully saturated rings. The highest BCUT2D eigenvalue weighted by molar-refractivity contribution is 5.98. The van der Waals surface area contributed by atoms with E-state index in [2.05, 4.69) is 15.5 Å². The molecule has 21 heavy (non-hydrogen) atoms. The topological polar surface area (TPSA) is 129 Å². The lowest BCUT2D eigenvalue weighted by Crippen LogP contribution is -2.34. The van der Waals surface area contributed by atoms with Crippen molar-refractivity contribution in [2.75, 3.05) is 18.9 Å². The Morgan fingerprint density at radius 2 is 2.24 bits per heavy atom. The highest BCUT2D eigenvalue weighted by Crippen LogP contribution is 2.07. The maximum atomic E-state index is 11.8. The van der Waals surface area contributed by atoms with Gasteiger partial charge in [0, 0.05) is 13.1 Å². The van der Waals surface area contributed by atoms with Crippen LogP contribution in [0, 0.1) is 0 Å². The number of nitrogens with zero attached hydrogens (tertiary/aromatic N) is 2. The van der Waals surface area contributed by atoms with Crippen LogP contribution in [0.2, 0.25) is 0 Å². The van der Waals surface area contributed by atoms with Crippen LogP contribution in [-0.2, 0) is 4.79 Å². The number of carbonyl (C=O) groups is 3. The van der Waals surface area contributed by atoms with Gasteiger partial charge in [0.05, 0.1) is 6.26 Å². The van der Waals surface area contributed by atoms with Crippen LogP contribution >= 0.6 is 0 Å². The molecule has 0 spiro atoms. The van der Waals surface area contributed by atoms with Gasteiger partial charge in [0.1, 0.15) is 12.2 Å². The molecule has 0 aliphatic rings. The number of carboxylic acid groups (broad SMARTS) is 1. The van der Waals surface area contributed by atoms with Gasteiger partial charge in [-0.3, -0.25) is 14.7 Å². The van der Waals surface area contributed by atoms with E-state index in [0.717, 1.165) is 0 Å². The summed E-state index contributed by atoms with van der Waals surface area (Å²) in [5.41, 5.74) is -0.148. The van der Waals surface area contributed by atoms with Gasteiger partial charge in [-0.05, 0) is 12.1 Å². The monoisotopic (exact) mass is 292 g/mol. The van der Waals surface area contributed by atoms with Gasteiger partial charge in [-0.15, -0.1) is 0 Å². The number of hydrogen-bond donors (Lipinski definition) is 3. The van der Waals surface area contributed by atoms with Crippen LogP contribution in [0.4, 0.5) is 5.82 Å². The largest absolute Gasteiger partial charge is 0.477 e. The van der Waals surface area contributed by atoms with E-state index in [1.54, 1.807) is 6.07 Å². The molecule has 0 saturated heterocycles. The van der Waals surface area contributed by atoms with Gasteiger partial charge in [0.25, 0.3) is 5.91 Å². The Morgan fingerprint density at radius 3 is 2.81 bits per heavy atom. The molecule has 0 unspecified atom stereocenters. The first-order valence-corrected chi connectivity index (χ1v) is 5.85. The predicted octanol–water partition coefficient (Wildman–Crippen LogP) is 0.412. The zero-order valence-corrected chi connectivity index (χ0v) is 11.0. The van der Waals surface area contributed by atoms with Crippen molar-refractivity contribution in [3.05, 3.63) is 35.9 Å². The Morgan fingerprint density at radius 1 is 1.48 bits per heavy atom. The second-order valence-electron chi connectivity index (χ2n) is 4.16. The van der Waals surface area contributed by atoms with E-state index in [0.29, 0.717) is 0 Å². The molecule has 9 nitrogen and oxygen atoms in total. The van der Waals surface area contributed by atoms with Gasteiger partial charge in [-0.2, -0.15) is 5.10 Å². The lowest BCUT2D eigenvalue weighted by atomic mass is 10.4. The van der Waals surface area contributed by atoms with Crippen LogP contribution in [-0.4, -0.2) is 51.6 Å². The summed E-state index contributed by atoms with van der Waals surface area (Å²) in [6.07, 6.45) is 1.36. The summed E-state index contributed by atoms with van der Waals surface area (Å²) in [7, 11) is 1.44. The van der Waals surface area contributed by atoms with E-state index in [4.69, 9.17) is 9.52 Å². The third-order valence-electron chi connectivity index (χ3n) is 2.54. The minimum absolute atomic E-state index is 0.0660. The molecular formula is C12H12N4O5. The molecule has 0 aliphatic heterocycles. The van der Waals surface area contributed by atoms with Crippen LogP contribution in [0.25, 0.3) is 0 Å². The molecule has 0 saturated carbocycles. The SMILES string of the molecule is CN(CC(=O)Nc1cc(C(=O)O)[nH]n1)C(=O)c1ccco1. The smallest absolute Gasteiger partial charge is 0.353 e. The first kappa shape index (κ1) is 14.3. The maximum Gasteiger partial charge on any atom is 0.353 e. The Balaban J connectivity index is 1.91. The Hall–Kier alpha value is -3.10. The summed E-state index contributed by atoms with van der Waals surface area (Å²) >= 11 is 0. The van der Waals surface area contributed by atoms with Crippen molar-refractivity contribution >= 4 is 23.6 Å². The molecule has 2 aromatic heterocycles. The lowest BCUT2D eigenvalue weighted by molar-refractivity contribution is -0.116. The minimum Gasteiger partial charge on any atom is -0.477 e. The van der Waals surface area contributed by atoms with Crippen molar-refractivity contribution in [3.8, 4) is 0 Å². The number of amides is 2. The molecule has 2 amide bonds. The number of aromatic amines is 1. The number of nitrogens with one attached hydrogen (secondary N) is 2. The lowest BCUT2D eigenvalue weighted by Gasteiger charge is -2.14. The summed E-state index contributed by atoms with van der Waals surface area (Å²) in [6.45, 7) is -0.227. The number of carboxylic acids is 1. The molecule has 3 N–H and O–H groups in total. The van der Waals surface area contributed by atoms with Gasteiger partial charge >= 0.3 is 5.97 Å². The summed E-state index contributed by atoms with van der Waals surface area (Å²) in [5, 5.41) is 17.0. The minimum atomic E-state index is -1.19. The maximum absolute atomic E-state index is 11.8. The van der Waals surface area contributed by atoms with E-state index in [1.165, 1.54) is 30.3 Å². The van der Waals surface area contributed by atoms with Crippen LogP contribution < -0.4 is 5.32 Å². The number of likely N-dealkylation sites (N-methyl/N-ethyl adjacent to an activating group) is 1. The van der Waals surface area contributed by atoms with E-state index in [-0.39, 0.29) is 23.8 Å². The highest BCUT2D eigenvalue weighted by atomic mass is 16.4. The van der Waals surface area contributed by atoms with Crippen LogP contribution in [0.5, 0.6) is 0 Å². The molecule has 0 aliphatic carbocycles. The summed E-state index contributed by atoms with van der Waals surface area (Å²) in [6, 6.07) is 4.23. The molecule has 110 valence electrons. The molecule has 0 aromatic carbocycles. The molecule has 0 atom stereocenters. The number of anilines is 1. The van der Waals surface area contributed by atoms with Gasteiger partial charge in [-0.25, -0.2) is 4.79 Å². The quantitative estimate of drug-likeness (QED) is 0.732. The first-order chi connectivity index (χ1) is 9.97. The second-order valence-corrected chi connectivity index (χ2v) is 4.16. The fraction of sp³-hybridized carbons (Fsp3) is 0.167. The summed E-state index contributed by atoms with van der Waals surface area (Å²) in [4.78, 5) is 35.4. The number of aromatic nitrogens is 2. The molecule has 2 aromatic rings. The number of furan rings is 1. The van der Waals surface area contributed by atoms with Crippen LogP contribution in [0.3, 0.4) is 0 Å². The van der Waals surface area contributed by atoms with Crippen molar-refractivity contribution in [2.45, 2.75) is 0 Å². The third kappa shape index (κ3) is 3.47. The number of carbonyl (C=O) groups excluding carboxylic acids is 2. The number of hydrogen-bond acceptors (Lipinski definition) is 5. The average Bonchev–Trinajstić information content (AvgIpc) is 3.08. The van der Waals surface area contributed by atoms with E-state index in [1.807, 2.05) is 0 Å². The van der Waals surface area contributed by atoms with Crippen LogP contribution in [0.15, 0.2) is 28.9 Å². The first-order valence-electron chi connectivity index (χ1n) is 5.85. The Labute approximate surface area is 118 Å². The fourth-order valence-electron chi connectivity index (χ4n) is 1.55. The fourth-order valence-corrected chi connectivity index (χ4v) is 1.55. The summed E-state index contributed by atoms with van der Waals surface area (Å²) < 4.78 is 4.94. The van der Waals surface area contributed by atoms with E-state index in [9.17, 15) is 14.4 Å². The van der Waals surface area contributed by atoms with E-state index < -0.39 is 17.8 Å². The molecule has 9 heteroatoms. The average molecular weight is 292 g/mol. The molecular weight excluding hydrogens is 280 g/mol. The van der Waals surface area contributed by atoms with Crippen molar-refractivity contribution in [1.82, 2.24) is 15.1 Å². The molecule has 2 rings (SSSR count). The van der Waals surface area contributed by atoms with E-state index >= 15 is 0 Å². The summed E-state index contributed by atoms with van der Waals surface area (Å²) in [5.74, 6) is -1.95. The normalized spacial score (nSPS) is 10.1. The molecule has 2 heterocycles. The molecule has 0 radical (unpaired) electrons. The second kappa shape index (κ2) is 5.90. The Kier molecular flexibility index (Phi) is 4.02. The predicted molar refractivity (Wildman–Crippen MR) is 69.8 cm³/mol. The van der Waals surface area contributed by atoms with Crippen molar-refractivity contribution in [1.29, 1.82) is 0 Å². The van der Waals surface area contributed by atoms with Gasteiger partial charge in [-0.1, -0.05) is 0 Å². The van der Waals surface area contributed by atoms with Gasteiger partial charge in [0.15, 0.2) is 11.6 Å². The zero-order valence-electron chi connectivity index (χ0n) is 11.0. The number of aromatic carboxylic acids is 1. The van der Waals surface area contributed by atoms with Gasteiger partial charge < -0.3 is 19.7 Å². The van der Waals surface area contributed by atoms with Crippen molar-refractivity contribution in [2.24, 2.45) is 0 Å².